The summed E-state index contributed by atoms with van der Waals surface area (Å²) in [6, 6.07) is 17.5. The van der Waals surface area contributed by atoms with Crippen LogP contribution in [0.2, 0.25) is 0 Å². The maximum absolute atomic E-state index is 14.2. The Kier molecular flexibility index (Phi) is 29.8. The zero-order valence-electron chi connectivity index (χ0n) is 59.6. The first kappa shape index (κ1) is 82.4. The van der Waals surface area contributed by atoms with Crippen molar-refractivity contribution in [1.82, 2.24) is 79.4 Å². The minimum atomic E-state index is -1.36. The van der Waals surface area contributed by atoms with E-state index >= 15 is 0 Å². The molecule has 2 aromatic heterocycles. The van der Waals surface area contributed by atoms with Crippen LogP contribution in [0.4, 0.5) is 0 Å². The summed E-state index contributed by atoms with van der Waals surface area (Å²) in [5.74, 6) is -7.25. The van der Waals surface area contributed by atoms with Gasteiger partial charge in [0, 0.05) is 193 Å². The molecule has 3 saturated heterocycles. The molecule has 3 fully saturated rings. The van der Waals surface area contributed by atoms with Crippen LogP contribution in [-0.4, -0.2) is 300 Å². The van der Waals surface area contributed by atoms with Crippen molar-refractivity contribution < 1.29 is 116 Å². The van der Waals surface area contributed by atoms with E-state index in [0.29, 0.717) is 87.9 Å². The molecule has 6 aromatic rings. The number of aromatic nitrogens is 6. The monoisotopic (exact) mass is 1630 g/mol. The van der Waals surface area contributed by atoms with Crippen molar-refractivity contribution in [3.63, 3.8) is 0 Å². The molecule has 9 rings (SSSR count). The van der Waals surface area contributed by atoms with Crippen LogP contribution in [0.3, 0.4) is 0 Å². The topological polar surface area (TPSA) is 450 Å². The van der Waals surface area contributed by atoms with Gasteiger partial charge in [-0.05, 0) is 83.3 Å². The number of H-pyrrole nitrogens is 2. The maximum atomic E-state index is 14.2. The number of aromatic hydroxyl groups is 4. The van der Waals surface area contributed by atoms with Gasteiger partial charge >= 0.3 is 35.3 Å². The molecule has 4 amide bonds. The summed E-state index contributed by atoms with van der Waals surface area (Å²) in [6.45, 7) is 11.0. The number of phenolic OH excluding ortho intramolecular Hbond substituents is 4. The normalized spacial score (nSPS) is 16.4. The Balaban J connectivity index is 0.0000142. The number of carbonyl (C=O) groups excluding carboxylic acids is 4. The summed E-state index contributed by atoms with van der Waals surface area (Å²) in [4.78, 5) is 145. The Labute approximate surface area is 639 Å². The summed E-state index contributed by atoms with van der Waals surface area (Å²) in [5, 5.41) is 101. The van der Waals surface area contributed by atoms with Crippen molar-refractivity contribution >= 4 is 47.5 Å². The molecule has 3 aliphatic rings. The zero-order chi connectivity index (χ0) is 75.8. The average Bonchev–Trinajstić information content (AvgIpc) is 1.58. The summed E-state index contributed by atoms with van der Waals surface area (Å²) in [6.07, 6.45) is -1.18. The molecule has 0 aliphatic carbocycles. The molecule has 34 nitrogen and oxygen atoms in total. The third-order valence-electron chi connectivity index (χ3n) is 19.3. The van der Waals surface area contributed by atoms with Crippen LogP contribution >= 0.6 is 0 Å². The number of piperazine rings is 2. The van der Waals surface area contributed by atoms with Gasteiger partial charge in [-0.25, -0.2) is 28.9 Å². The average molecular weight is 1630 g/mol. The Morgan fingerprint density at radius 2 is 0.849 bits per heavy atom. The Bertz CT molecular complexity index is 4150. The van der Waals surface area contributed by atoms with Crippen LogP contribution in [0.1, 0.15) is 93.9 Å². The molecular weight excluding hydrogens is 1540 g/mol. The van der Waals surface area contributed by atoms with E-state index in [2.05, 4.69) is 40.8 Å². The van der Waals surface area contributed by atoms with Crippen molar-refractivity contribution in [1.29, 1.82) is 0 Å². The van der Waals surface area contributed by atoms with Crippen molar-refractivity contribution in [2.45, 2.75) is 96.8 Å². The van der Waals surface area contributed by atoms with Gasteiger partial charge in [-0.15, -0.1) is 0 Å². The number of phenols is 4. The van der Waals surface area contributed by atoms with Gasteiger partial charge in [0.05, 0.1) is 42.1 Å². The third-order valence-corrected chi connectivity index (χ3v) is 19.3. The van der Waals surface area contributed by atoms with Gasteiger partial charge in [0.15, 0.2) is 11.6 Å². The van der Waals surface area contributed by atoms with Crippen molar-refractivity contribution in [3.05, 3.63) is 116 Å². The van der Waals surface area contributed by atoms with Gasteiger partial charge in [-0.2, -0.15) is 10.2 Å². The number of hydrogen-bond acceptors (Lipinski definition) is 22. The number of carboxylic acid groups (broad SMARTS) is 4. The molecule has 0 spiro atoms. The third kappa shape index (κ3) is 22.4. The largest absolute Gasteiger partial charge is 0.508 e. The van der Waals surface area contributed by atoms with Gasteiger partial charge < -0.3 is 61.3 Å². The predicted molar refractivity (Wildman–Crippen MR) is 381 cm³/mol. The van der Waals surface area contributed by atoms with E-state index in [1.807, 2.05) is 52.0 Å². The second-order valence-corrected chi connectivity index (χ2v) is 27.3. The van der Waals surface area contributed by atoms with Gasteiger partial charge in [0.1, 0.15) is 35.1 Å². The van der Waals surface area contributed by atoms with Crippen LogP contribution < -0.4 is 22.0 Å². The fraction of sp³-hybridized carbons (Fsp3) is 0.493. The van der Waals surface area contributed by atoms with Crippen LogP contribution in [0.5, 0.6) is 23.0 Å². The number of carbonyl (C=O) groups is 8. The standard InChI is InChI=1S/C71H94N16O18.Lu/c1-44(2)50-35-52(58(90)37-56(50)88)66-74-76-70(104)86(66)48-9-5-46(6-10-48)39-78-25-31-84(32-26-78)61(93)16-13-54(73-60(92)15-14-55(69(102)103)83-29-23-81(42-64(97)98)21-19-80(41-63(95)96)20-22-82(24-30-83)43-65(99)100)68(101)72-18-17-62(94)85-33-27-79(28-34-85)40-47-7-11-49(12-8-47)87-67(75-77-71(87)105)53-36-51(45(3)4)57(89)38-59(53)91;/h5-12,35-38,44-45,54-55,88-91H,13-34,39-43H2,1-4H3,(H,72,101)(H,73,92)(H,76,104)(H,77,105)(H,95,96)(H,97,98)(H,99,100)(H,102,103);/t54-,55-;/m1./s1. The van der Waals surface area contributed by atoms with E-state index in [-0.39, 0.29) is 197 Å². The Morgan fingerprint density at radius 3 is 1.23 bits per heavy atom. The van der Waals surface area contributed by atoms with Crippen LogP contribution in [0.15, 0.2) is 82.4 Å². The molecule has 1 radical (unpaired) electrons. The second kappa shape index (κ2) is 38.3. The molecule has 4 aromatic carbocycles. The van der Waals surface area contributed by atoms with E-state index < -0.39 is 78.7 Å². The molecule has 0 bridgehead atoms. The SMILES string of the molecule is CC(C)c1cc(-c2n[nH]c(=O)n2-c2ccc(CN3CCN(C(=O)CCNC(=O)[C@@H](CCC(=O)N4CCN(Cc5ccc(-n6c(-c7cc(C(C)C)c(O)cc7O)n[nH]c6=O)cc5)CC4)NC(=O)CC[C@H](C(=O)O)N4CCN(CC(=O)O)CCN(CC(=O)O)CCN(CC(=O)O)CC4)CC3)cc2)c(O)cc1O.[Lu]. The first-order valence-electron chi connectivity index (χ1n) is 35.1. The van der Waals surface area contributed by atoms with E-state index in [1.54, 1.807) is 60.9 Å². The van der Waals surface area contributed by atoms with Gasteiger partial charge in [-0.3, -0.25) is 67.8 Å². The summed E-state index contributed by atoms with van der Waals surface area (Å²) < 4.78 is 2.66. The number of aromatic amines is 2. The molecule has 0 unspecified atom stereocenters. The zero-order valence-corrected chi connectivity index (χ0v) is 61.3. The minimum absolute atomic E-state index is 0. The molecule has 581 valence electrons. The van der Waals surface area contributed by atoms with E-state index in [1.165, 1.54) is 26.2 Å². The van der Waals surface area contributed by atoms with Crippen LogP contribution in [0.25, 0.3) is 34.2 Å². The van der Waals surface area contributed by atoms with Crippen molar-refractivity contribution in [2.24, 2.45) is 0 Å². The molecule has 35 heteroatoms. The van der Waals surface area contributed by atoms with E-state index in [4.69, 9.17) is 0 Å². The number of hydrogen-bond donors (Lipinski definition) is 12. The van der Waals surface area contributed by atoms with E-state index in [9.17, 15) is 88.8 Å². The van der Waals surface area contributed by atoms with Gasteiger partial charge in [-0.1, -0.05) is 52.0 Å². The number of rotatable bonds is 29. The van der Waals surface area contributed by atoms with Crippen molar-refractivity contribution in [2.75, 3.05) is 131 Å². The quantitative estimate of drug-likeness (QED) is 0.0315. The summed E-state index contributed by atoms with van der Waals surface area (Å²) in [5.41, 5.74) is 3.38. The number of nitrogens with one attached hydrogen (secondary N) is 4. The molecule has 106 heavy (non-hydrogen) atoms. The number of carboxylic acids is 4. The van der Waals surface area contributed by atoms with E-state index in [0.717, 1.165) is 11.1 Å². The second-order valence-electron chi connectivity index (χ2n) is 27.3. The molecule has 3 aliphatic heterocycles. The van der Waals surface area contributed by atoms with Gasteiger partial charge in [0.2, 0.25) is 23.6 Å². The van der Waals surface area contributed by atoms with Crippen LogP contribution in [0, 0.1) is 36.9 Å². The molecular formula is C71H94LuN16O18. The first-order chi connectivity index (χ1) is 50.1. The Morgan fingerprint density at radius 1 is 0.472 bits per heavy atom. The predicted octanol–water partition coefficient (Wildman–Crippen LogP) is 1.31. The first-order valence-corrected chi connectivity index (χ1v) is 35.1. The summed E-state index contributed by atoms with van der Waals surface area (Å²) >= 11 is 0. The summed E-state index contributed by atoms with van der Waals surface area (Å²) in [7, 11) is 0. The molecule has 12 N–H and O–H groups in total. The Hall–Kier alpha value is -9.29. The van der Waals surface area contributed by atoms with Crippen LogP contribution in [-0.2, 0) is 51.4 Å². The fourth-order valence-corrected chi connectivity index (χ4v) is 13.4. The number of amides is 4. The van der Waals surface area contributed by atoms with Crippen molar-refractivity contribution in [3.8, 4) is 57.1 Å². The number of nitrogens with zero attached hydrogens (tertiary/aromatic N) is 12. The molecule has 2 atom stereocenters. The molecule has 0 saturated carbocycles. The smallest absolute Gasteiger partial charge is 0.348 e. The number of benzene rings is 4. The molecule has 5 heterocycles. The number of aliphatic carboxylic acids is 4. The minimum Gasteiger partial charge on any atom is -0.508 e. The van der Waals surface area contributed by atoms with Gasteiger partial charge in [0.25, 0.3) is 0 Å². The maximum Gasteiger partial charge on any atom is 0.348 e. The fourth-order valence-electron chi connectivity index (χ4n) is 13.4.